The molecule has 0 amide bonds. The minimum absolute atomic E-state index is 0.305. The normalized spacial score (nSPS) is 11.8. The summed E-state index contributed by atoms with van der Waals surface area (Å²) in [7, 11) is 3.29. The zero-order chi connectivity index (χ0) is 42.2. The fourth-order valence-electron chi connectivity index (χ4n) is 6.15. The van der Waals surface area contributed by atoms with E-state index in [2.05, 4.69) is 94.3 Å². The number of allylic oxidation sites excluding steroid dienone is 4. The van der Waals surface area contributed by atoms with Crippen LogP contribution in [0.2, 0.25) is 0 Å². The lowest BCUT2D eigenvalue weighted by Crippen LogP contribution is -2.13. The summed E-state index contributed by atoms with van der Waals surface area (Å²) in [6, 6.07) is 28.6. The van der Waals surface area contributed by atoms with Gasteiger partial charge in [-0.05, 0) is 76.2 Å². The van der Waals surface area contributed by atoms with Crippen LogP contribution in [-0.2, 0) is 28.4 Å². The largest absolute Gasteiger partial charge is 0.490 e. The zero-order valence-electron chi connectivity index (χ0n) is 34.9. The molecule has 0 atom stereocenters. The second-order valence-electron chi connectivity index (χ2n) is 13.6. The Morgan fingerprint density at radius 2 is 0.869 bits per heavy atom. The number of ether oxygens (including phenoxy) is 8. The van der Waals surface area contributed by atoms with Crippen molar-refractivity contribution in [2.45, 2.75) is 6.42 Å². The molecule has 61 heavy (non-hydrogen) atoms. The third-order valence-electron chi connectivity index (χ3n) is 9.38. The van der Waals surface area contributed by atoms with E-state index in [0.29, 0.717) is 102 Å². The van der Waals surface area contributed by atoms with Crippen LogP contribution in [0.3, 0.4) is 0 Å². The van der Waals surface area contributed by atoms with E-state index in [1.807, 2.05) is 48.8 Å². The standard InChI is InChI=1S/C51H52N2O8/c1-54-25-27-56-29-31-58-33-35-60-50-39-49(10-6-41-17-21-52-22-18-41)51(61-36-34-59-32-30-57-28-26-55-2)38-48(50)9-5-40-3-7-43(8-4-40)46-15-16-47(37-46)44-13-11-42(12-14-44)45-19-23-53-24-20-45/h3-4,7-8,11-14,16-24,37-39H,15,25-36H2,1-2H3. The smallest absolute Gasteiger partial charge is 0.136 e. The number of pyridine rings is 2. The first kappa shape index (κ1) is 44.5. The van der Waals surface area contributed by atoms with Crippen molar-refractivity contribution in [2.24, 2.45) is 0 Å². The van der Waals surface area contributed by atoms with Gasteiger partial charge in [0.05, 0.1) is 77.2 Å². The molecular formula is C51H52N2O8. The lowest BCUT2D eigenvalue weighted by atomic mass is 10.0. The maximum atomic E-state index is 6.29. The van der Waals surface area contributed by atoms with Gasteiger partial charge in [0.25, 0.3) is 0 Å². The number of hydrogen-bond donors (Lipinski definition) is 0. The molecule has 2 heterocycles. The van der Waals surface area contributed by atoms with Crippen LogP contribution in [0.4, 0.5) is 0 Å². The van der Waals surface area contributed by atoms with E-state index in [1.54, 1.807) is 26.6 Å². The number of benzene rings is 3. The van der Waals surface area contributed by atoms with E-state index in [1.165, 1.54) is 22.3 Å². The molecule has 0 radical (unpaired) electrons. The van der Waals surface area contributed by atoms with Crippen LogP contribution in [0.5, 0.6) is 11.5 Å². The predicted molar refractivity (Wildman–Crippen MR) is 237 cm³/mol. The third kappa shape index (κ3) is 14.9. The fourth-order valence-corrected chi connectivity index (χ4v) is 6.15. The summed E-state index contributed by atoms with van der Waals surface area (Å²) in [6.45, 7) is 5.32. The second kappa shape index (κ2) is 25.5. The summed E-state index contributed by atoms with van der Waals surface area (Å²) in [5.74, 6) is 14.3. The molecule has 1 aliphatic rings. The van der Waals surface area contributed by atoms with Crippen LogP contribution in [0.15, 0.2) is 122 Å². The topological polar surface area (TPSA) is 99.6 Å². The maximum Gasteiger partial charge on any atom is 0.136 e. The molecule has 0 fully saturated rings. The lowest BCUT2D eigenvalue weighted by molar-refractivity contribution is 0.0177. The Morgan fingerprint density at radius 3 is 1.39 bits per heavy atom. The van der Waals surface area contributed by atoms with Gasteiger partial charge < -0.3 is 37.9 Å². The number of aromatic nitrogens is 2. The minimum Gasteiger partial charge on any atom is -0.490 e. The van der Waals surface area contributed by atoms with Crippen LogP contribution in [0.25, 0.3) is 22.3 Å². The van der Waals surface area contributed by atoms with Crippen LogP contribution in [-0.4, -0.2) is 103 Å². The molecule has 0 saturated carbocycles. The molecule has 1 aliphatic carbocycles. The summed E-state index contributed by atoms with van der Waals surface area (Å²) >= 11 is 0. The van der Waals surface area contributed by atoms with Crippen molar-refractivity contribution in [3.63, 3.8) is 0 Å². The van der Waals surface area contributed by atoms with Gasteiger partial charge in [0.15, 0.2) is 0 Å². The molecule has 0 N–H and O–H groups in total. The molecule has 0 saturated heterocycles. The fraction of sp³-hybridized carbons (Fsp3) is 0.294. The molecule has 6 rings (SSSR count). The SMILES string of the molecule is COCCOCCOCCOc1cc(C#Cc2ccc(C3=CC(c4ccc(-c5ccncc5)cc4)=CC3)cc2)c(OCCOCCOCCOC)cc1C#Cc1ccncc1. The minimum atomic E-state index is 0.305. The first-order chi connectivity index (χ1) is 30.2. The summed E-state index contributed by atoms with van der Waals surface area (Å²) < 4.78 is 45.1. The number of nitrogens with zero attached hydrogens (tertiary/aromatic N) is 2. The Morgan fingerprint density at radius 1 is 0.443 bits per heavy atom. The van der Waals surface area contributed by atoms with Crippen molar-refractivity contribution in [2.75, 3.05) is 93.5 Å². The molecule has 314 valence electrons. The Balaban J connectivity index is 1.17. The van der Waals surface area contributed by atoms with E-state index in [0.717, 1.165) is 28.7 Å². The molecule has 3 aromatic carbocycles. The number of methoxy groups -OCH3 is 2. The van der Waals surface area contributed by atoms with E-state index >= 15 is 0 Å². The van der Waals surface area contributed by atoms with E-state index < -0.39 is 0 Å². The molecule has 5 aromatic rings. The van der Waals surface area contributed by atoms with Crippen LogP contribution >= 0.6 is 0 Å². The summed E-state index contributed by atoms with van der Waals surface area (Å²) in [5, 5.41) is 0. The number of hydrogen-bond acceptors (Lipinski definition) is 10. The number of rotatable bonds is 23. The summed E-state index contributed by atoms with van der Waals surface area (Å²) in [4.78, 5) is 8.24. The molecule has 0 bridgehead atoms. The summed E-state index contributed by atoms with van der Waals surface area (Å²) in [5.41, 5.74) is 10.2. The second-order valence-corrected chi connectivity index (χ2v) is 13.6. The monoisotopic (exact) mass is 820 g/mol. The lowest BCUT2D eigenvalue weighted by Gasteiger charge is -2.14. The van der Waals surface area contributed by atoms with Gasteiger partial charge in [-0.2, -0.15) is 0 Å². The van der Waals surface area contributed by atoms with Crippen LogP contribution in [0.1, 0.15) is 39.8 Å². The van der Waals surface area contributed by atoms with Gasteiger partial charge in [0.2, 0.25) is 0 Å². The van der Waals surface area contributed by atoms with Crippen molar-refractivity contribution in [3.05, 3.63) is 155 Å². The van der Waals surface area contributed by atoms with E-state index in [9.17, 15) is 0 Å². The van der Waals surface area contributed by atoms with Gasteiger partial charge in [-0.3, -0.25) is 9.97 Å². The average Bonchev–Trinajstić information content (AvgIpc) is 3.81. The van der Waals surface area contributed by atoms with Gasteiger partial charge >= 0.3 is 0 Å². The van der Waals surface area contributed by atoms with Crippen LogP contribution < -0.4 is 9.47 Å². The first-order valence-electron chi connectivity index (χ1n) is 20.4. The highest BCUT2D eigenvalue weighted by Gasteiger charge is 2.13. The molecule has 10 heteroatoms. The molecule has 2 aromatic heterocycles. The molecule has 10 nitrogen and oxygen atoms in total. The molecular weight excluding hydrogens is 769 g/mol. The van der Waals surface area contributed by atoms with Gasteiger partial charge in [0, 0.05) is 62.3 Å². The van der Waals surface area contributed by atoms with Crippen molar-refractivity contribution in [1.82, 2.24) is 9.97 Å². The quantitative estimate of drug-likeness (QED) is 0.0478. The highest BCUT2D eigenvalue weighted by Crippen LogP contribution is 2.33. The van der Waals surface area contributed by atoms with Gasteiger partial charge in [-0.25, -0.2) is 0 Å². The first-order valence-corrected chi connectivity index (χ1v) is 20.4. The highest BCUT2D eigenvalue weighted by atomic mass is 16.6. The zero-order valence-corrected chi connectivity index (χ0v) is 34.9. The molecule has 0 unspecified atom stereocenters. The Labute approximate surface area is 359 Å². The molecule has 0 aliphatic heterocycles. The van der Waals surface area contributed by atoms with Gasteiger partial charge in [-0.15, -0.1) is 0 Å². The highest BCUT2D eigenvalue weighted by molar-refractivity contribution is 5.89. The van der Waals surface area contributed by atoms with Crippen LogP contribution in [0, 0.1) is 23.7 Å². The van der Waals surface area contributed by atoms with E-state index in [4.69, 9.17) is 37.9 Å². The Bertz CT molecular complexity index is 2270. The van der Waals surface area contributed by atoms with Crippen molar-refractivity contribution in [3.8, 4) is 46.3 Å². The van der Waals surface area contributed by atoms with Crippen molar-refractivity contribution < 1.29 is 37.9 Å². The Kier molecular flexibility index (Phi) is 18.6. The maximum absolute atomic E-state index is 6.29. The third-order valence-corrected chi connectivity index (χ3v) is 9.38. The van der Waals surface area contributed by atoms with Gasteiger partial charge in [0.1, 0.15) is 24.7 Å². The Hall–Kier alpha value is -6.08. The van der Waals surface area contributed by atoms with E-state index in [-0.39, 0.29) is 0 Å². The van der Waals surface area contributed by atoms with Crippen molar-refractivity contribution >= 4 is 11.1 Å². The van der Waals surface area contributed by atoms with Gasteiger partial charge in [-0.1, -0.05) is 72.2 Å². The molecule has 0 spiro atoms. The predicted octanol–water partition coefficient (Wildman–Crippen LogP) is 7.93. The summed E-state index contributed by atoms with van der Waals surface area (Å²) in [6.07, 6.45) is 12.5. The average molecular weight is 821 g/mol. The van der Waals surface area contributed by atoms with Crippen molar-refractivity contribution in [1.29, 1.82) is 0 Å².